The Bertz CT molecular complexity index is 686. The van der Waals surface area contributed by atoms with E-state index < -0.39 is 6.10 Å². The van der Waals surface area contributed by atoms with Crippen molar-refractivity contribution in [3.63, 3.8) is 0 Å². The summed E-state index contributed by atoms with van der Waals surface area (Å²) in [7, 11) is 0. The number of benzene rings is 1. The molecule has 3 rings (SSSR count). The van der Waals surface area contributed by atoms with E-state index in [9.17, 15) is 5.11 Å². The molecule has 1 atom stereocenters. The minimum absolute atomic E-state index is 0.0928. The zero-order valence-corrected chi connectivity index (χ0v) is 12.3. The van der Waals surface area contributed by atoms with E-state index in [4.69, 9.17) is 9.52 Å². The number of fused-ring (bicyclic) bond motifs is 1. The molecule has 0 fully saturated rings. The molecule has 0 aliphatic heterocycles. The van der Waals surface area contributed by atoms with Crippen molar-refractivity contribution < 1.29 is 14.6 Å². The van der Waals surface area contributed by atoms with Gasteiger partial charge in [0, 0.05) is 16.1 Å². The van der Waals surface area contributed by atoms with Crippen molar-refractivity contribution in [1.29, 1.82) is 0 Å². The molecule has 21 heavy (non-hydrogen) atoms. The Morgan fingerprint density at radius 2 is 1.95 bits per heavy atom. The summed E-state index contributed by atoms with van der Waals surface area (Å²) in [4.78, 5) is 0.958. The summed E-state index contributed by atoms with van der Waals surface area (Å²) in [6.45, 7) is 0.897. The maximum Gasteiger partial charge on any atom is 0.129 e. The van der Waals surface area contributed by atoms with Crippen LogP contribution in [0.1, 0.15) is 22.5 Å². The van der Waals surface area contributed by atoms with Gasteiger partial charge in [0.05, 0.1) is 6.54 Å². The molecule has 110 valence electrons. The zero-order chi connectivity index (χ0) is 14.7. The fourth-order valence-electron chi connectivity index (χ4n) is 2.20. The van der Waals surface area contributed by atoms with Crippen molar-refractivity contribution in [2.45, 2.75) is 19.3 Å². The lowest BCUT2D eigenvalue weighted by Gasteiger charge is -2.08. The fraction of sp³-hybridized carbons (Fsp3) is 0.250. The monoisotopic (exact) mass is 303 g/mol. The number of hydrogen-bond acceptors (Lipinski definition) is 5. The third kappa shape index (κ3) is 3.33. The van der Waals surface area contributed by atoms with Crippen molar-refractivity contribution in [3.05, 3.63) is 58.9 Å². The van der Waals surface area contributed by atoms with E-state index in [2.05, 4.69) is 17.4 Å². The van der Waals surface area contributed by atoms with Crippen molar-refractivity contribution in [2.24, 2.45) is 0 Å². The zero-order valence-electron chi connectivity index (χ0n) is 11.5. The van der Waals surface area contributed by atoms with E-state index in [0.717, 1.165) is 16.0 Å². The molecule has 4 nitrogen and oxygen atoms in total. The molecule has 0 radical (unpaired) electrons. The summed E-state index contributed by atoms with van der Waals surface area (Å²) in [5, 5.41) is 23.5. The lowest BCUT2D eigenvalue weighted by molar-refractivity contribution is 0.176. The highest BCUT2D eigenvalue weighted by atomic mass is 32.1. The first-order valence-corrected chi connectivity index (χ1v) is 7.63. The first-order valence-electron chi connectivity index (χ1n) is 6.82. The standard InChI is InChI=1S/C16H17NO3S/c18-10-13-6-5-12(20-13)8-17-9-14(19)16-7-11-3-1-2-4-15(11)21-16/h1-7,14,17-19H,8-10H2. The number of hydrogen-bond donors (Lipinski definition) is 3. The van der Waals surface area contributed by atoms with Crippen LogP contribution in [-0.2, 0) is 13.2 Å². The van der Waals surface area contributed by atoms with Crippen LogP contribution in [0.15, 0.2) is 46.9 Å². The van der Waals surface area contributed by atoms with Crippen molar-refractivity contribution in [1.82, 2.24) is 5.32 Å². The molecule has 0 spiro atoms. The molecule has 3 N–H and O–H groups in total. The quantitative estimate of drug-likeness (QED) is 0.655. The highest BCUT2D eigenvalue weighted by Gasteiger charge is 2.11. The summed E-state index contributed by atoms with van der Waals surface area (Å²) in [5.41, 5.74) is 0. The number of nitrogens with one attached hydrogen (secondary N) is 1. The molecule has 2 aromatic heterocycles. The van der Waals surface area contributed by atoms with Crippen LogP contribution in [0.5, 0.6) is 0 Å². The molecule has 0 saturated carbocycles. The Kier molecular flexibility index (Phi) is 4.36. The Hall–Kier alpha value is -1.66. The number of aliphatic hydroxyl groups excluding tert-OH is 2. The largest absolute Gasteiger partial charge is 0.462 e. The molecule has 0 saturated heterocycles. The molecule has 3 aromatic rings. The van der Waals surface area contributed by atoms with Gasteiger partial charge in [-0.1, -0.05) is 18.2 Å². The first-order chi connectivity index (χ1) is 10.3. The molecule has 1 unspecified atom stereocenters. The fourth-order valence-corrected chi connectivity index (χ4v) is 3.25. The average Bonchev–Trinajstić information content (AvgIpc) is 3.13. The minimum atomic E-state index is -0.533. The van der Waals surface area contributed by atoms with Crippen LogP contribution in [0.2, 0.25) is 0 Å². The third-order valence-electron chi connectivity index (χ3n) is 3.28. The van der Waals surface area contributed by atoms with E-state index >= 15 is 0 Å². The van der Waals surface area contributed by atoms with Crippen LogP contribution in [-0.4, -0.2) is 16.8 Å². The average molecular weight is 303 g/mol. The van der Waals surface area contributed by atoms with E-state index in [1.807, 2.05) is 24.3 Å². The second kappa shape index (κ2) is 6.41. The molecule has 0 amide bonds. The van der Waals surface area contributed by atoms with Gasteiger partial charge in [-0.2, -0.15) is 0 Å². The van der Waals surface area contributed by atoms with Crippen LogP contribution in [0.4, 0.5) is 0 Å². The van der Waals surface area contributed by atoms with Gasteiger partial charge in [0.2, 0.25) is 0 Å². The van der Waals surface area contributed by atoms with Crippen LogP contribution in [0.3, 0.4) is 0 Å². The smallest absolute Gasteiger partial charge is 0.129 e. The van der Waals surface area contributed by atoms with Crippen molar-refractivity contribution in [2.75, 3.05) is 6.54 Å². The van der Waals surface area contributed by atoms with Gasteiger partial charge < -0.3 is 19.9 Å². The summed E-state index contributed by atoms with van der Waals surface area (Å²) in [6, 6.07) is 13.7. The van der Waals surface area contributed by atoms with Gasteiger partial charge in [-0.05, 0) is 29.7 Å². The second-order valence-corrected chi connectivity index (χ2v) is 5.97. The van der Waals surface area contributed by atoms with Gasteiger partial charge in [-0.3, -0.25) is 0 Å². The molecule has 5 heteroatoms. The maximum absolute atomic E-state index is 10.2. The maximum atomic E-state index is 10.2. The molecule has 1 aromatic carbocycles. The minimum Gasteiger partial charge on any atom is -0.462 e. The summed E-state index contributed by atoms with van der Waals surface area (Å²) < 4.78 is 6.56. The molecular weight excluding hydrogens is 286 g/mol. The van der Waals surface area contributed by atoms with Crippen LogP contribution in [0, 0.1) is 0 Å². The van der Waals surface area contributed by atoms with E-state index in [1.165, 1.54) is 4.70 Å². The Balaban J connectivity index is 1.57. The van der Waals surface area contributed by atoms with Crippen molar-refractivity contribution >= 4 is 21.4 Å². The topological polar surface area (TPSA) is 65.6 Å². The Morgan fingerprint density at radius 3 is 2.71 bits per heavy atom. The highest BCUT2D eigenvalue weighted by molar-refractivity contribution is 7.19. The predicted octanol–water partition coefficient (Wildman–Crippen LogP) is 2.81. The van der Waals surface area contributed by atoms with E-state index in [-0.39, 0.29) is 6.61 Å². The van der Waals surface area contributed by atoms with Crippen molar-refractivity contribution in [3.8, 4) is 0 Å². The number of thiophene rings is 1. The van der Waals surface area contributed by atoms with E-state index in [1.54, 1.807) is 17.4 Å². The summed E-state index contributed by atoms with van der Waals surface area (Å²) >= 11 is 1.61. The predicted molar refractivity (Wildman–Crippen MR) is 83.1 cm³/mol. The molecule has 0 aliphatic rings. The summed E-state index contributed by atoms with van der Waals surface area (Å²) in [5.74, 6) is 1.31. The second-order valence-electron chi connectivity index (χ2n) is 4.86. The Labute approximate surface area is 126 Å². The van der Waals surface area contributed by atoms with Crippen LogP contribution < -0.4 is 5.32 Å². The Morgan fingerprint density at radius 1 is 1.14 bits per heavy atom. The van der Waals surface area contributed by atoms with Gasteiger partial charge in [-0.25, -0.2) is 0 Å². The summed E-state index contributed by atoms with van der Waals surface area (Å²) in [6.07, 6.45) is -0.533. The van der Waals surface area contributed by atoms with Gasteiger partial charge in [0.25, 0.3) is 0 Å². The van der Waals surface area contributed by atoms with Gasteiger partial charge in [-0.15, -0.1) is 11.3 Å². The van der Waals surface area contributed by atoms with Crippen LogP contribution in [0.25, 0.3) is 10.1 Å². The normalized spacial score (nSPS) is 12.9. The molecular formula is C16H17NO3S. The number of furan rings is 1. The lowest BCUT2D eigenvalue weighted by Crippen LogP contribution is -2.20. The van der Waals surface area contributed by atoms with Gasteiger partial charge >= 0.3 is 0 Å². The SMILES string of the molecule is OCc1ccc(CNCC(O)c2cc3ccccc3s2)o1. The van der Waals surface area contributed by atoms with E-state index in [0.29, 0.717) is 18.8 Å². The number of rotatable bonds is 6. The lowest BCUT2D eigenvalue weighted by atomic mass is 10.2. The first kappa shape index (κ1) is 14.3. The van der Waals surface area contributed by atoms with Gasteiger partial charge in [0.15, 0.2) is 0 Å². The number of aliphatic hydroxyl groups is 2. The molecule has 0 aliphatic carbocycles. The molecule has 0 bridgehead atoms. The van der Waals surface area contributed by atoms with Gasteiger partial charge in [0.1, 0.15) is 24.2 Å². The molecule has 2 heterocycles. The third-order valence-corrected chi connectivity index (χ3v) is 4.50. The van der Waals surface area contributed by atoms with Crippen LogP contribution >= 0.6 is 11.3 Å². The highest BCUT2D eigenvalue weighted by Crippen LogP contribution is 2.29.